The van der Waals surface area contributed by atoms with Gasteiger partial charge in [-0.1, -0.05) is 184 Å². The van der Waals surface area contributed by atoms with Crippen LogP contribution in [0.2, 0.25) is 0 Å². The van der Waals surface area contributed by atoms with Gasteiger partial charge in [0.1, 0.15) is 0 Å². The van der Waals surface area contributed by atoms with Gasteiger partial charge in [0, 0.05) is 65.1 Å². The van der Waals surface area contributed by atoms with E-state index in [1.54, 1.807) is 0 Å². The smallest absolute Gasteiger partial charge is 0 e. The van der Waals surface area contributed by atoms with Crippen LogP contribution >= 0.6 is 0 Å². The normalized spacial score (nSPS) is 13.4. The van der Waals surface area contributed by atoms with Crippen LogP contribution in [-0.4, -0.2) is 53.8 Å². The van der Waals surface area contributed by atoms with E-state index in [0.29, 0.717) is 59.4 Å². The summed E-state index contributed by atoms with van der Waals surface area (Å²) in [5, 5.41) is 0. The van der Waals surface area contributed by atoms with Crippen LogP contribution in [0.5, 0.6) is 0 Å². The van der Waals surface area contributed by atoms with Crippen LogP contribution in [0.15, 0.2) is 97.6 Å². The fourth-order valence-corrected chi connectivity index (χ4v) is 12.3. The van der Waals surface area contributed by atoms with E-state index in [9.17, 15) is 0 Å². The zero-order chi connectivity index (χ0) is 53.6. The number of hydrogen-bond acceptors (Lipinski definition) is 4. The Hall–Kier alpha value is -4.01. The molecule has 9 radical (unpaired) electrons. The molecule has 6 nitrogen and oxygen atoms in total. The van der Waals surface area contributed by atoms with Crippen molar-refractivity contribution in [2.75, 3.05) is 19.2 Å². The Bertz CT molecular complexity index is 2230. The summed E-state index contributed by atoms with van der Waals surface area (Å²) in [6.07, 6.45) is 8.87. The number of benzene rings is 4. The maximum atomic E-state index is 2.41. The van der Waals surface area contributed by atoms with Gasteiger partial charge in [0.2, 0.25) is 0 Å². The topological polar surface area (TPSA) is 21.8 Å². The molecule has 0 unspecified atom stereocenters. The molecule has 0 fully saturated rings. The molecule has 1 aromatic heterocycles. The molecule has 0 saturated heterocycles. The number of rotatable bonds is 14. The zero-order valence-corrected chi connectivity index (χ0v) is 53.5. The third kappa shape index (κ3) is 13.9. The Labute approximate surface area is 467 Å². The van der Waals surface area contributed by atoms with Crippen molar-refractivity contribution in [1.82, 2.24) is 4.57 Å². The van der Waals surface area contributed by atoms with Crippen LogP contribution in [0.4, 0.5) is 22.7 Å². The first kappa shape index (κ1) is 61.5. The van der Waals surface area contributed by atoms with Gasteiger partial charge in [-0.05, 0) is 91.9 Å². The number of hydrogen-bond donors (Lipinski definition) is 0. The minimum atomic E-state index is 0. The number of anilines is 4. The molecule has 10 heteroatoms. The van der Waals surface area contributed by atoms with Crippen molar-refractivity contribution >= 4 is 76.6 Å². The van der Waals surface area contributed by atoms with E-state index in [-0.39, 0.29) is 17.6 Å². The van der Waals surface area contributed by atoms with Crippen LogP contribution < -0.4 is 28.5 Å². The van der Waals surface area contributed by atoms with Crippen molar-refractivity contribution in [3.63, 3.8) is 0 Å². The maximum Gasteiger partial charge on any atom is 0 e. The van der Waals surface area contributed by atoms with Gasteiger partial charge in [0.15, 0.2) is 0 Å². The molecule has 0 bridgehead atoms. The fourth-order valence-electron chi connectivity index (χ4n) is 10.5. The molecular formula is C63H92B2Ge2N6+. The summed E-state index contributed by atoms with van der Waals surface area (Å²) in [6.45, 7) is 49.9. The molecule has 2 aliphatic rings. The second kappa shape index (κ2) is 26.7. The quantitative estimate of drug-likeness (QED) is 0.0816. The molecule has 3 heterocycles. The monoisotopic (exact) mass is 1100 g/mol. The Morgan fingerprint density at radius 3 is 0.712 bits per heavy atom. The second-order valence-corrected chi connectivity index (χ2v) is 24.2. The van der Waals surface area contributed by atoms with Crippen molar-refractivity contribution in [3.8, 4) is 0 Å². The molecule has 0 aliphatic carbocycles. The molecule has 0 atom stereocenters. The first-order valence-corrected chi connectivity index (χ1v) is 28.4. The van der Waals surface area contributed by atoms with Crippen LogP contribution in [0, 0.1) is 13.8 Å². The molecule has 387 valence electrons. The maximum absolute atomic E-state index is 2.41. The third-order valence-corrected chi connectivity index (χ3v) is 15.4. The van der Waals surface area contributed by atoms with Gasteiger partial charge in [-0.2, -0.15) is 0 Å². The predicted octanol–water partition coefficient (Wildman–Crippen LogP) is 16.0. The van der Waals surface area contributed by atoms with Crippen molar-refractivity contribution in [2.45, 2.75) is 212 Å². The SMILES string of the molecule is CC(C)c1cccc(C(C)C)c1N1[B]N(c2c(C(C)C)cccc2C(C)C)C=C1.CC(C)c1cccc(C(C)C)c1N1[B]N(c2c(C(C)C)cccc2C(C)C)C=C1.Cc1c(C)[n+](C(C)C)[c]([Ge])n1C(C)C.[Ge]. The number of imidazole rings is 1. The van der Waals surface area contributed by atoms with Gasteiger partial charge in [0.05, 0.1) is 0 Å². The summed E-state index contributed by atoms with van der Waals surface area (Å²) in [6, 6.07) is 28.1. The summed E-state index contributed by atoms with van der Waals surface area (Å²) in [4.78, 5) is 9.30. The van der Waals surface area contributed by atoms with Crippen molar-refractivity contribution in [2.24, 2.45) is 0 Å². The number of aromatic nitrogens is 2. The summed E-state index contributed by atoms with van der Waals surface area (Å²) >= 11 is 2.21. The van der Waals surface area contributed by atoms with E-state index in [2.05, 4.69) is 310 Å². The molecule has 0 amide bonds. The van der Waals surface area contributed by atoms with Gasteiger partial charge in [-0.15, -0.1) is 0 Å². The standard InChI is InChI=1S/2C26H36BN2.C11H20GeN2.Ge/c2*1-17(2)21-11-9-12-22(18(3)4)25(21)28-15-16-29(27-28)26-23(19(5)6)13-10-14-24(26)20(7)8;1-7(2)13-9(5)10(6)14(8(3)4)11(13)12;/h2*9-20H,1-8H3;7-8H,1-6H3;/q;;+1;. The van der Waals surface area contributed by atoms with E-state index in [1.807, 2.05) is 0 Å². The van der Waals surface area contributed by atoms with Gasteiger partial charge < -0.3 is 19.2 Å². The Balaban J connectivity index is 0.000000250. The molecule has 0 N–H and O–H groups in total. The van der Waals surface area contributed by atoms with Crippen LogP contribution in [0.25, 0.3) is 0 Å². The van der Waals surface area contributed by atoms with Gasteiger partial charge >= 0.3 is 110 Å². The number of nitrogens with zero attached hydrogens (tertiary/aromatic N) is 6. The molecule has 2 aliphatic heterocycles. The summed E-state index contributed by atoms with van der Waals surface area (Å²) in [7, 11) is 4.53. The Morgan fingerprint density at radius 1 is 0.370 bits per heavy atom. The van der Waals surface area contributed by atoms with E-state index in [1.165, 1.54) is 83.3 Å². The Morgan fingerprint density at radius 2 is 0.575 bits per heavy atom. The van der Waals surface area contributed by atoms with Crippen molar-refractivity contribution in [1.29, 1.82) is 0 Å². The summed E-state index contributed by atoms with van der Waals surface area (Å²) in [5.74, 6) is 3.84. The third-order valence-electron chi connectivity index (χ3n) is 14.4. The molecular weight excluding hydrogens is 1010 g/mol. The molecule has 0 saturated carbocycles. The van der Waals surface area contributed by atoms with Crippen LogP contribution in [0.3, 0.4) is 0 Å². The zero-order valence-electron chi connectivity index (χ0n) is 49.3. The predicted molar refractivity (Wildman–Crippen MR) is 324 cm³/mol. The van der Waals surface area contributed by atoms with Crippen LogP contribution in [-0.2, 0) is 0 Å². The summed E-state index contributed by atoms with van der Waals surface area (Å²) in [5.41, 5.74) is 19.4. The average Bonchev–Trinajstić information content (AvgIpc) is 4.06. The van der Waals surface area contributed by atoms with Crippen molar-refractivity contribution in [3.05, 3.63) is 153 Å². The Kier molecular flexibility index (Phi) is 22.5. The van der Waals surface area contributed by atoms with Gasteiger partial charge in [0.25, 0.3) is 0 Å². The van der Waals surface area contributed by atoms with Crippen LogP contribution in [0.1, 0.15) is 254 Å². The second-order valence-electron chi connectivity index (χ2n) is 23.3. The number of para-hydroxylation sites is 4. The first-order valence-electron chi connectivity index (χ1n) is 27.4. The molecule has 5 aromatic rings. The molecule has 0 spiro atoms. The van der Waals surface area contributed by atoms with Gasteiger partial charge in [-0.3, -0.25) is 0 Å². The first-order chi connectivity index (χ1) is 33.8. The molecule has 73 heavy (non-hydrogen) atoms. The molecule has 7 rings (SSSR count). The fraction of sp³-hybridized carbons (Fsp3) is 0.508. The average molecular weight is 1100 g/mol. The van der Waals surface area contributed by atoms with Gasteiger partial charge in [-0.25, -0.2) is 0 Å². The van der Waals surface area contributed by atoms with E-state index >= 15 is 0 Å². The largest absolute Gasteiger partial charge is 0 e. The summed E-state index contributed by atoms with van der Waals surface area (Å²) < 4.78 is 6.19. The minimum absolute atomic E-state index is 0. The van der Waals surface area contributed by atoms with E-state index in [0.717, 1.165) is 0 Å². The van der Waals surface area contributed by atoms with E-state index < -0.39 is 0 Å². The molecule has 4 aromatic carbocycles. The van der Waals surface area contributed by atoms with E-state index in [4.69, 9.17) is 0 Å². The van der Waals surface area contributed by atoms with Crippen molar-refractivity contribution < 1.29 is 4.57 Å². The minimum Gasteiger partial charge on any atom is 0 e.